The number of halogens is 2. The zero-order valence-electron chi connectivity index (χ0n) is 20.2. The molecule has 0 bridgehead atoms. The summed E-state index contributed by atoms with van der Waals surface area (Å²) < 4.78 is 18.9. The van der Waals surface area contributed by atoms with Crippen molar-refractivity contribution in [2.24, 2.45) is 5.92 Å². The standard InChI is InChI=1S/C28H31ClFN3O2/c1-32(19-23-7-3-4-13-31-23)27(17-20-6-5-8-24(16-20)35-2)21-11-14-33(15-12-21)28(34)25-10-9-22(30)18-26(25)29/h3-10,13,16,18,21,27H,11-12,14-15,17,19H2,1-2H3. The Balaban J connectivity index is 1.48. The van der Waals surface area contributed by atoms with Crippen LogP contribution < -0.4 is 4.74 Å². The largest absolute Gasteiger partial charge is 0.497 e. The van der Waals surface area contributed by atoms with Crippen molar-refractivity contribution in [1.82, 2.24) is 14.8 Å². The van der Waals surface area contributed by atoms with Crippen molar-refractivity contribution in [3.05, 3.63) is 94.5 Å². The van der Waals surface area contributed by atoms with E-state index in [0.717, 1.165) is 37.3 Å². The predicted molar refractivity (Wildman–Crippen MR) is 136 cm³/mol. The van der Waals surface area contributed by atoms with Gasteiger partial charge in [0.05, 0.1) is 23.4 Å². The fourth-order valence-electron chi connectivity index (χ4n) is 4.91. The number of benzene rings is 2. The second-order valence-electron chi connectivity index (χ2n) is 9.11. The highest BCUT2D eigenvalue weighted by Gasteiger charge is 2.32. The van der Waals surface area contributed by atoms with Gasteiger partial charge in [0, 0.05) is 31.9 Å². The summed E-state index contributed by atoms with van der Waals surface area (Å²) in [5, 5.41) is 0.156. The molecule has 1 aliphatic heterocycles. The number of rotatable bonds is 8. The van der Waals surface area contributed by atoms with Gasteiger partial charge in [-0.1, -0.05) is 29.8 Å². The Morgan fingerprint density at radius 1 is 1.17 bits per heavy atom. The lowest BCUT2D eigenvalue weighted by Gasteiger charge is -2.40. The molecule has 4 rings (SSSR count). The Bertz CT molecular complexity index is 1140. The third kappa shape index (κ3) is 6.38. The Morgan fingerprint density at radius 2 is 1.97 bits per heavy atom. The van der Waals surface area contributed by atoms with Gasteiger partial charge in [0.25, 0.3) is 5.91 Å². The van der Waals surface area contributed by atoms with E-state index in [-0.39, 0.29) is 17.0 Å². The van der Waals surface area contributed by atoms with E-state index in [9.17, 15) is 9.18 Å². The molecule has 1 aromatic heterocycles. The highest BCUT2D eigenvalue weighted by Crippen LogP contribution is 2.29. The van der Waals surface area contributed by atoms with Crippen LogP contribution in [0.5, 0.6) is 5.75 Å². The van der Waals surface area contributed by atoms with Crippen molar-refractivity contribution in [2.75, 3.05) is 27.2 Å². The number of ether oxygens (including phenoxy) is 1. The molecule has 5 nitrogen and oxygen atoms in total. The Kier molecular flexibility index (Phi) is 8.37. The molecule has 1 unspecified atom stereocenters. The quantitative estimate of drug-likeness (QED) is 0.415. The van der Waals surface area contributed by atoms with Crippen LogP contribution in [0, 0.1) is 11.7 Å². The number of aromatic nitrogens is 1. The first-order chi connectivity index (χ1) is 16.9. The number of hydrogen-bond acceptors (Lipinski definition) is 4. The lowest BCUT2D eigenvalue weighted by atomic mass is 9.84. The molecule has 1 aliphatic rings. The van der Waals surface area contributed by atoms with Crippen molar-refractivity contribution in [2.45, 2.75) is 31.8 Å². The molecular weight excluding hydrogens is 465 g/mol. The molecule has 0 aliphatic carbocycles. The first kappa shape index (κ1) is 25.1. The van der Waals surface area contributed by atoms with E-state index < -0.39 is 5.82 Å². The number of methoxy groups -OCH3 is 1. The molecule has 35 heavy (non-hydrogen) atoms. The third-order valence-corrected chi connectivity index (χ3v) is 7.13. The van der Waals surface area contributed by atoms with Crippen LogP contribution in [0.3, 0.4) is 0 Å². The Labute approximate surface area is 211 Å². The van der Waals surface area contributed by atoms with Gasteiger partial charge in [-0.15, -0.1) is 0 Å². The molecule has 7 heteroatoms. The van der Waals surface area contributed by atoms with E-state index in [1.54, 1.807) is 7.11 Å². The molecule has 1 fully saturated rings. The SMILES string of the molecule is COc1cccc(CC(C2CCN(C(=O)c3ccc(F)cc3Cl)CC2)N(C)Cc2ccccn2)c1. The predicted octanol–water partition coefficient (Wildman–Crippen LogP) is 5.48. The minimum Gasteiger partial charge on any atom is -0.497 e. The van der Waals surface area contributed by atoms with Crippen LogP contribution >= 0.6 is 11.6 Å². The van der Waals surface area contributed by atoms with E-state index in [4.69, 9.17) is 16.3 Å². The van der Waals surface area contributed by atoms with Gasteiger partial charge in [-0.3, -0.25) is 14.7 Å². The normalized spacial score (nSPS) is 15.3. The van der Waals surface area contributed by atoms with Gasteiger partial charge < -0.3 is 9.64 Å². The number of hydrogen-bond donors (Lipinski definition) is 0. The van der Waals surface area contributed by atoms with E-state index in [0.29, 0.717) is 24.6 Å². The van der Waals surface area contributed by atoms with Gasteiger partial charge in [0.1, 0.15) is 11.6 Å². The molecular formula is C28H31ClFN3O2. The molecule has 1 amide bonds. The van der Waals surface area contributed by atoms with Crippen LogP contribution in [0.2, 0.25) is 5.02 Å². The second-order valence-corrected chi connectivity index (χ2v) is 9.52. The minimum atomic E-state index is -0.443. The molecule has 2 aromatic carbocycles. The molecule has 1 atom stereocenters. The summed E-state index contributed by atoms with van der Waals surface area (Å²) in [5.74, 6) is 0.675. The number of carbonyl (C=O) groups is 1. The minimum absolute atomic E-state index is 0.139. The maximum Gasteiger partial charge on any atom is 0.255 e. The van der Waals surface area contributed by atoms with Crippen molar-refractivity contribution >= 4 is 17.5 Å². The average molecular weight is 496 g/mol. The highest BCUT2D eigenvalue weighted by molar-refractivity contribution is 6.33. The fraction of sp³-hybridized carbons (Fsp3) is 0.357. The summed E-state index contributed by atoms with van der Waals surface area (Å²) in [6, 6.07) is 18.4. The molecule has 3 aromatic rings. The summed E-state index contributed by atoms with van der Waals surface area (Å²) in [7, 11) is 3.83. The molecule has 0 N–H and O–H groups in total. The number of likely N-dealkylation sites (tertiary alicyclic amines) is 1. The van der Waals surface area contributed by atoms with Gasteiger partial charge in [-0.25, -0.2) is 4.39 Å². The number of likely N-dealkylation sites (N-methyl/N-ethyl adjacent to an activating group) is 1. The maximum atomic E-state index is 13.4. The molecule has 0 radical (unpaired) electrons. The van der Waals surface area contributed by atoms with E-state index in [1.165, 1.54) is 23.8 Å². The van der Waals surface area contributed by atoms with Crippen LogP contribution in [0.1, 0.15) is 34.5 Å². The zero-order valence-corrected chi connectivity index (χ0v) is 20.9. The molecule has 1 saturated heterocycles. The van der Waals surface area contributed by atoms with Crippen LogP contribution in [0.25, 0.3) is 0 Å². The van der Waals surface area contributed by atoms with Crippen LogP contribution in [0.15, 0.2) is 66.9 Å². The van der Waals surface area contributed by atoms with Gasteiger partial charge in [-0.05, 0) is 80.3 Å². The third-order valence-electron chi connectivity index (χ3n) is 6.82. The van der Waals surface area contributed by atoms with Crippen molar-refractivity contribution in [3.63, 3.8) is 0 Å². The van der Waals surface area contributed by atoms with Gasteiger partial charge in [0.2, 0.25) is 0 Å². The Morgan fingerprint density at radius 3 is 2.66 bits per heavy atom. The first-order valence-corrected chi connectivity index (χ1v) is 12.3. The van der Waals surface area contributed by atoms with E-state index in [2.05, 4.69) is 29.1 Å². The monoisotopic (exact) mass is 495 g/mol. The summed E-state index contributed by atoms with van der Waals surface area (Å²) >= 11 is 6.15. The molecule has 184 valence electrons. The molecule has 2 heterocycles. The number of nitrogens with zero attached hydrogens (tertiary/aromatic N) is 3. The topological polar surface area (TPSA) is 45.7 Å². The fourth-order valence-corrected chi connectivity index (χ4v) is 5.16. The van der Waals surface area contributed by atoms with E-state index >= 15 is 0 Å². The molecule has 0 spiro atoms. The summed E-state index contributed by atoms with van der Waals surface area (Å²) in [6.07, 6.45) is 4.46. The van der Waals surface area contributed by atoms with Crippen molar-refractivity contribution in [3.8, 4) is 5.75 Å². The van der Waals surface area contributed by atoms with Gasteiger partial charge >= 0.3 is 0 Å². The average Bonchev–Trinajstić information content (AvgIpc) is 2.88. The molecule has 0 saturated carbocycles. The summed E-state index contributed by atoms with van der Waals surface area (Å²) in [6.45, 7) is 2.03. The summed E-state index contributed by atoms with van der Waals surface area (Å²) in [5.41, 5.74) is 2.61. The maximum absolute atomic E-state index is 13.4. The van der Waals surface area contributed by atoms with Crippen molar-refractivity contribution in [1.29, 1.82) is 0 Å². The van der Waals surface area contributed by atoms with Crippen LogP contribution in [0.4, 0.5) is 4.39 Å². The smallest absolute Gasteiger partial charge is 0.255 e. The van der Waals surface area contributed by atoms with Gasteiger partial charge in [-0.2, -0.15) is 0 Å². The van der Waals surface area contributed by atoms with Gasteiger partial charge in [0.15, 0.2) is 0 Å². The second kappa shape index (κ2) is 11.6. The van der Waals surface area contributed by atoms with Crippen LogP contribution in [-0.2, 0) is 13.0 Å². The number of piperidine rings is 1. The first-order valence-electron chi connectivity index (χ1n) is 11.9. The number of pyridine rings is 1. The number of amides is 1. The highest BCUT2D eigenvalue weighted by atomic mass is 35.5. The lowest BCUT2D eigenvalue weighted by molar-refractivity contribution is 0.0602. The zero-order chi connectivity index (χ0) is 24.8. The van der Waals surface area contributed by atoms with Crippen molar-refractivity contribution < 1.29 is 13.9 Å². The van der Waals surface area contributed by atoms with Crippen LogP contribution in [-0.4, -0.2) is 54.0 Å². The summed E-state index contributed by atoms with van der Waals surface area (Å²) in [4.78, 5) is 21.7. The van der Waals surface area contributed by atoms with E-state index in [1.807, 2.05) is 41.4 Å². The Hall–Kier alpha value is -2.96. The number of carbonyl (C=O) groups excluding carboxylic acids is 1. The lowest BCUT2D eigenvalue weighted by Crippen LogP contribution is -2.46.